The highest BCUT2D eigenvalue weighted by molar-refractivity contribution is 6.17. The Hall–Kier alpha value is -1.80. The Balaban J connectivity index is 2.67. The number of ketones is 2. The third-order valence-electron chi connectivity index (χ3n) is 5.00. The van der Waals surface area contributed by atoms with Crippen LogP contribution in [0.2, 0.25) is 0 Å². The summed E-state index contributed by atoms with van der Waals surface area (Å²) in [5.74, 6) is -2.85. The molecule has 0 radical (unpaired) electrons. The highest BCUT2D eigenvalue weighted by atomic mass is 16.4. The maximum Gasteiger partial charge on any atom is 0.306 e. The van der Waals surface area contributed by atoms with Crippen LogP contribution in [0.15, 0.2) is 0 Å². The van der Waals surface area contributed by atoms with Crippen LogP contribution in [0.4, 0.5) is 0 Å². The van der Waals surface area contributed by atoms with Gasteiger partial charge in [-0.15, -0.1) is 0 Å². The summed E-state index contributed by atoms with van der Waals surface area (Å²) < 4.78 is 0. The molecule has 1 amide bonds. The van der Waals surface area contributed by atoms with E-state index in [0.29, 0.717) is 12.3 Å². The van der Waals surface area contributed by atoms with Gasteiger partial charge in [-0.05, 0) is 26.2 Å². The van der Waals surface area contributed by atoms with Crippen LogP contribution in [0.5, 0.6) is 0 Å². The minimum atomic E-state index is -2.25. The lowest BCUT2D eigenvalue weighted by Gasteiger charge is -2.29. The molecule has 1 unspecified atom stereocenters. The lowest BCUT2D eigenvalue weighted by molar-refractivity contribution is -0.147. The van der Waals surface area contributed by atoms with E-state index in [1.54, 1.807) is 0 Å². The number of nitrogens with two attached hydrogens (primary N) is 2. The molecule has 148 valence electrons. The van der Waals surface area contributed by atoms with Gasteiger partial charge in [0.2, 0.25) is 5.91 Å². The van der Waals surface area contributed by atoms with Crippen LogP contribution in [-0.2, 0) is 19.2 Å². The van der Waals surface area contributed by atoms with E-state index in [1.807, 2.05) is 0 Å². The van der Waals surface area contributed by atoms with Crippen LogP contribution in [0.3, 0.4) is 0 Å². The zero-order chi connectivity index (χ0) is 19.9. The normalized spacial score (nSPS) is 19.8. The van der Waals surface area contributed by atoms with E-state index >= 15 is 0 Å². The summed E-state index contributed by atoms with van der Waals surface area (Å²) in [5.41, 5.74) is 9.09. The van der Waals surface area contributed by atoms with Crippen molar-refractivity contribution in [2.45, 2.75) is 82.8 Å². The number of carbonyl (C=O) groups excluding carboxylic acids is 3. The van der Waals surface area contributed by atoms with Gasteiger partial charge in [0.05, 0.1) is 18.5 Å². The Kier molecular flexibility index (Phi) is 8.36. The second-order valence-electron chi connectivity index (χ2n) is 7.39. The Morgan fingerprint density at radius 2 is 1.69 bits per heavy atom. The molecule has 26 heavy (non-hydrogen) atoms. The predicted octanol–water partition coefficient (Wildman–Crippen LogP) is 0.509. The maximum absolute atomic E-state index is 12.6. The molecule has 1 aliphatic rings. The minimum absolute atomic E-state index is 0.292. The van der Waals surface area contributed by atoms with E-state index in [1.165, 1.54) is 33.1 Å². The van der Waals surface area contributed by atoms with Gasteiger partial charge < -0.3 is 21.9 Å². The number of nitrogens with one attached hydrogen (secondary N) is 1. The summed E-state index contributed by atoms with van der Waals surface area (Å²) in [5, 5.41) is 11.5. The molecule has 0 spiro atoms. The number of amides is 1. The highest BCUT2D eigenvalue weighted by Crippen LogP contribution is 2.27. The van der Waals surface area contributed by atoms with Crippen molar-refractivity contribution in [1.29, 1.82) is 0 Å². The number of Topliss-reactive ketones (excluding diaryl/α,β-unsaturated/α-hetero) is 2. The van der Waals surface area contributed by atoms with Gasteiger partial charge in [0.15, 0.2) is 11.6 Å². The van der Waals surface area contributed by atoms with Gasteiger partial charge in [-0.3, -0.25) is 19.2 Å². The third kappa shape index (κ3) is 6.17. The van der Waals surface area contributed by atoms with Gasteiger partial charge >= 0.3 is 5.97 Å². The number of carboxylic acids is 1. The molecule has 0 saturated heterocycles. The van der Waals surface area contributed by atoms with E-state index in [-0.39, 0.29) is 5.91 Å². The van der Waals surface area contributed by atoms with Crippen LogP contribution in [0.1, 0.15) is 65.2 Å². The summed E-state index contributed by atoms with van der Waals surface area (Å²) in [6.07, 6.45) is 6.04. The van der Waals surface area contributed by atoms with Crippen molar-refractivity contribution in [2.75, 3.05) is 0 Å². The van der Waals surface area contributed by atoms with E-state index in [4.69, 9.17) is 16.6 Å². The molecule has 0 aromatic heterocycles. The first kappa shape index (κ1) is 22.2. The quantitative estimate of drug-likeness (QED) is 0.409. The first-order valence-electron chi connectivity index (χ1n) is 9.22. The fourth-order valence-corrected chi connectivity index (χ4v) is 3.52. The Labute approximate surface area is 154 Å². The summed E-state index contributed by atoms with van der Waals surface area (Å²) >= 11 is 0. The van der Waals surface area contributed by atoms with Crippen molar-refractivity contribution in [3.63, 3.8) is 0 Å². The van der Waals surface area contributed by atoms with Crippen molar-refractivity contribution < 1.29 is 24.3 Å². The molecule has 0 heterocycles. The molecule has 0 aromatic carbocycles. The fraction of sp³-hybridized carbons (Fsp3) is 0.778. The van der Waals surface area contributed by atoms with E-state index < -0.39 is 41.6 Å². The zero-order valence-electron chi connectivity index (χ0n) is 15.6. The topological polar surface area (TPSA) is 153 Å². The average Bonchev–Trinajstić information content (AvgIpc) is 2.58. The number of aliphatic carboxylic acids is 1. The minimum Gasteiger partial charge on any atom is -0.481 e. The van der Waals surface area contributed by atoms with Crippen LogP contribution < -0.4 is 16.8 Å². The summed E-state index contributed by atoms with van der Waals surface area (Å²) in [6, 6.07) is -2.15. The number of rotatable bonds is 10. The summed E-state index contributed by atoms with van der Waals surface area (Å²) in [4.78, 5) is 48.0. The Bertz CT molecular complexity index is 543. The molecule has 0 aromatic rings. The van der Waals surface area contributed by atoms with Crippen LogP contribution >= 0.6 is 0 Å². The van der Waals surface area contributed by atoms with Gasteiger partial charge in [-0.1, -0.05) is 32.1 Å². The molecule has 1 saturated carbocycles. The smallest absolute Gasteiger partial charge is 0.306 e. The van der Waals surface area contributed by atoms with Crippen LogP contribution in [0.25, 0.3) is 0 Å². The third-order valence-corrected chi connectivity index (χ3v) is 5.00. The Morgan fingerprint density at radius 3 is 2.19 bits per heavy atom. The second-order valence-corrected chi connectivity index (χ2v) is 7.39. The van der Waals surface area contributed by atoms with Gasteiger partial charge in [0, 0.05) is 6.42 Å². The van der Waals surface area contributed by atoms with Gasteiger partial charge in [-0.2, -0.15) is 0 Å². The molecule has 0 aliphatic heterocycles. The Morgan fingerprint density at radius 1 is 1.12 bits per heavy atom. The van der Waals surface area contributed by atoms with Gasteiger partial charge in [0.1, 0.15) is 5.54 Å². The lowest BCUT2D eigenvalue weighted by Crippen LogP contribution is -2.64. The second kappa shape index (κ2) is 9.78. The van der Waals surface area contributed by atoms with Crippen molar-refractivity contribution in [1.82, 2.24) is 5.32 Å². The molecular weight excluding hydrogens is 338 g/mol. The molecule has 1 aliphatic carbocycles. The maximum atomic E-state index is 12.6. The zero-order valence-corrected chi connectivity index (χ0v) is 15.6. The van der Waals surface area contributed by atoms with E-state index in [9.17, 15) is 19.2 Å². The molecule has 8 heteroatoms. The number of hydrogen-bond donors (Lipinski definition) is 4. The van der Waals surface area contributed by atoms with Crippen molar-refractivity contribution >= 4 is 23.4 Å². The average molecular weight is 369 g/mol. The summed E-state index contributed by atoms with van der Waals surface area (Å²) in [7, 11) is 0. The van der Waals surface area contributed by atoms with Crippen molar-refractivity contribution in [3.05, 3.63) is 0 Å². The molecule has 6 N–H and O–H groups in total. The number of carbonyl (C=O) groups is 4. The largest absolute Gasteiger partial charge is 0.481 e. The van der Waals surface area contributed by atoms with E-state index in [2.05, 4.69) is 5.32 Å². The van der Waals surface area contributed by atoms with E-state index in [0.717, 1.165) is 19.3 Å². The molecule has 1 rings (SSSR count). The van der Waals surface area contributed by atoms with Gasteiger partial charge in [-0.25, -0.2) is 0 Å². The molecule has 1 fully saturated rings. The van der Waals surface area contributed by atoms with Crippen LogP contribution in [-0.4, -0.2) is 46.2 Å². The first-order valence-corrected chi connectivity index (χ1v) is 9.22. The standard InChI is InChI=1S/C18H31N3O5/c1-11(19)16(25)18(20,10-15(23)24)17(26)12(2)21-14(22)9-8-13-6-4-3-5-7-13/h11-13H,3-10,19-20H2,1-2H3,(H,21,22)(H,23,24)/t11-,12-,18?/m0/s1. The molecule has 0 bridgehead atoms. The highest BCUT2D eigenvalue weighted by Gasteiger charge is 2.46. The monoisotopic (exact) mass is 369 g/mol. The first-order chi connectivity index (χ1) is 12.1. The number of hydrogen-bond acceptors (Lipinski definition) is 6. The van der Waals surface area contributed by atoms with Gasteiger partial charge in [0.25, 0.3) is 0 Å². The fourth-order valence-electron chi connectivity index (χ4n) is 3.52. The van der Waals surface area contributed by atoms with Crippen molar-refractivity contribution in [3.8, 4) is 0 Å². The predicted molar refractivity (Wildman–Crippen MR) is 96.2 cm³/mol. The molecular formula is C18H31N3O5. The molecule has 8 nitrogen and oxygen atoms in total. The van der Waals surface area contributed by atoms with Crippen molar-refractivity contribution in [2.24, 2.45) is 17.4 Å². The molecule has 3 atom stereocenters. The number of carboxylic acid groups (broad SMARTS) is 1. The SMILES string of the molecule is C[C@H](N)C(=O)C(N)(CC(=O)O)C(=O)[C@H](C)NC(=O)CCC1CCCCC1. The lowest BCUT2D eigenvalue weighted by atomic mass is 9.81. The van der Waals surface area contributed by atoms with Crippen LogP contribution in [0, 0.1) is 5.92 Å². The summed E-state index contributed by atoms with van der Waals surface area (Å²) in [6.45, 7) is 2.74.